The van der Waals surface area contributed by atoms with Crippen LogP contribution in [0.15, 0.2) is 303 Å². The average Bonchev–Trinajstić information content (AvgIpc) is 1.64. The molecule has 0 saturated carbocycles. The van der Waals surface area contributed by atoms with Gasteiger partial charge in [0.15, 0.2) is 28.8 Å². The Kier molecular flexibility index (Phi) is 33.3. The van der Waals surface area contributed by atoms with Gasteiger partial charge < -0.3 is 35.7 Å². The minimum Gasteiger partial charge on any atom is -0.478 e. The van der Waals surface area contributed by atoms with Crippen LogP contribution in [0.1, 0.15) is 63.2 Å². The number of hydrogen-bond acceptors (Lipinski definition) is 23. The van der Waals surface area contributed by atoms with Crippen LogP contribution in [0.25, 0.3) is 78.7 Å². The van der Waals surface area contributed by atoms with Crippen LogP contribution in [-0.2, 0) is 21.8 Å². The number of nitrogens with zero attached hydrogens (tertiary/aromatic N) is 15. The molecule has 652 valence electrons. The zero-order valence-electron chi connectivity index (χ0n) is 66.3. The number of nitrogen functional groups attached to an aromatic ring is 1. The third-order valence-corrected chi connectivity index (χ3v) is 17.7. The summed E-state index contributed by atoms with van der Waals surface area (Å²) >= 11 is 8.49. The SMILES string of the molecule is COC(=O)c1cccc(-c2ccc(F)nc2)c1.COC(=O)c1cccc(B(O)O)c1.Fc1ccc(Br)cn1.Nc1ccc(-n2nc(-c3cccnc3)cc2C(F)(F)F)nn1.O=C(Cl)c1cccc(-c2ccc(F)nc2)c1.O=C(Nc1ccc(-n2nc(-c3cccnc3)cc2C(F)(F)F)nn1)c1cccc(-c2ccc(F)nc2)c1.O=C(O)c1cccc(-c2ccc(F)nc2)c1. The number of amides is 1. The Labute approximate surface area is 736 Å². The molecule has 0 aliphatic carbocycles. The van der Waals surface area contributed by atoms with Crippen LogP contribution < -0.4 is 16.5 Å². The van der Waals surface area contributed by atoms with E-state index >= 15 is 0 Å². The van der Waals surface area contributed by atoms with Crippen LogP contribution in [0.3, 0.4) is 0 Å². The predicted octanol–water partition coefficient (Wildman–Crippen LogP) is 17.2. The van der Waals surface area contributed by atoms with Gasteiger partial charge >= 0.3 is 37.4 Å². The fourth-order valence-corrected chi connectivity index (χ4v) is 11.2. The van der Waals surface area contributed by atoms with Crippen LogP contribution in [0.4, 0.5) is 59.9 Å². The van der Waals surface area contributed by atoms with E-state index in [0.717, 1.165) is 38.9 Å². The van der Waals surface area contributed by atoms with Crippen molar-refractivity contribution in [2.24, 2.45) is 0 Å². The molecular formula is C88H61BBrClF11N17O10. The molecule has 11 heterocycles. The number of carboxylic acids is 1. The molecule has 0 radical (unpaired) electrons. The molecule has 0 bridgehead atoms. The first-order valence-electron chi connectivity index (χ1n) is 36.8. The predicted molar refractivity (Wildman–Crippen MR) is 454 cm³/mol. The number of anilines is 2. The third kappa shape index (κ3) is 28.0. The fourth-order valence-electron chi connectivity index (χ4n) is 10.9. The number of hydrogen-bond donors (Lipinski definition) is 5. The van der Waals surface area contributed by atoms with Crippen molar-refractivity contribution >= 4 is 80.8 Å². The largest absolute Gasteiger partial charge is 0.488 e. The van der Waals surface area contributed by atoms with E-state index in [4.69, 9.17) is 32.5 Å². The molecule has 0 aliphatic heterocycles. The number of nitrogens with one attached hydrogen (secondary N) is 1. The Morgan fingerprint density at radius 2 is 0.783 bits per heavy atom. The molecule has 1 amide bonds. The average molecular weight is 1850 g/mol. The summed E-state index contributed by atoms with van der Waals surface area (Å²) in [6.45, 7) is 0. The molecule has 0 saturated heterocycles. The Morgan fingerprint density at radius 1 is 0.411 bits per heavy atom. The van der Waals surface area contributed by atoms with Gasteiger partial charge in [-0.3, -0.25) is 19.6 Å². The molecule has 0 atom stereocenters. The van der Waals surface area contributed by atoms with E-state index in [1.807, 2.05) is 6.07 Å². The van der Waals surface area contributed by atoms with E-state index in [1.54, 1.807) is 133 Å². The molecule has 11 aromatic heterocycles. The lowest BCUT2D eigenvalue weighted by molar-refractivity contribution is -0.143. The maximum atomic E-state index is 13.7. The molecular weight excluding hydrogens is 1790 g/mol. The van der Waals surface area contributed by atoms with Crippen LogP contribution in [0.5, 0.6) is 0 Å². The molecule has 41 heteroatoms. The summed E-state index contributed by atoms with van der Waals surface area (Å²) in [4.78, 5) is 82.2. The van der Waals surface area contributed by atoms with E-state index < -0.39 is 89.7 Å². The molecule has 0 fully saturated rings. The first-order chi connectivity index (χ1) is 61.7. The maximum absolute atomic E-state index is 13.7. The van der Waals surface area contributed by atoms with Crippen molar-refractivity contribution in [1.82, 2.24) is 74.8 Å². The summed E-state index contributed by atoms with van der Waals surface area (Å²) in [6, 6.07) is 60.3. The highest BCUT2D eigenvalue weighted by molar-refractivity contribution is 9.10. The fraction of sp³-hybridized carbons (Fsp3) is 0.0455. The number of carboxylic acid groups (broad SMARTS) is 1. The number of nitrogens with two attached hydrogens (primary N) is 1. The molecule has 6 N–H and O–H groups in total. The number of aromatic nitrogens is 15. The van der Waals surface area contributed by atoms with Crippen molar-refractivity contribution in [2.75, 3.05) is 25.3 Å². The van der Waals surface area contributed by atoms with Gasteiger partial charge in [-0.05, 0) is 231 Å². The van der Waals surface area contributed by atoms with Gasteiger partial charge in [-0.15, -0.1) is 20.4 Å². The van der Waals surface area contributed by atoms with Gasteiger partial charge in [0.1, 0.15) is 5.82 Å². The van der Waals surface area contributed by atoms with E-state index in [1.165, 1.54) is 161 Å². The molecule has 16 rings (SSSR count). The van der Waals surface area contributed by atoms with E-state index in [9.17, 15) is 72.3 Å². The number of halogens is 13. The van der Waals surface area contributed by atoms with Gasteiger partial charge in [0, 0.05) is 105 Å². The second-order valence-corrected chi connectivity index (χ2v) is 27.1. The zero-order chi connectivity index (χ0) is 92.9. The number of methoxy groups -OCH3 is 2. The van der Waals surface area contributed by atoms with Gasteiger partial charge in [0.25, 0.3) is 11.1 Å². The van der Waals surface area contributed by atoms with E-state index in [-0.39, 0.29) is 51.2 Å². The number of rotatable bonds is 15. The summed E-state index contributed by atoms with van der Waals surface area (Å²) in [5.41, 5.74) is 12.1. The Hall–Kier alpha value is -15.9. The highest BCUT2D eigenvalue weighted by Crippen LogP contribution is 2.36. The molecule has 27 nitrogen and oxygen atoms in total. The molecule has 16 aromatic rings. The second kappa shape index (κ2) is 45.1. The van der Waals surface area contributed by atoms with E-state index in [2.05, 4.69) is 96.2 Å². The standard InChI is InChI=1S/C25H15F4N7O.C13H9F3N6.C13H10FNO2.C12H7ClFNO.C12H8FNO2.C8H9BO4.C5H3BrFN/c26-21-7-6-17(14-31-21)15-3-1-4-16(11-15)24(37)32-22-8-9-23(34-33-22)36-20(25(27,28)29)12-19(35-36)18-5-2-10-30-13-18;14-13(15,16)10-6-9(8-2-1-5-18-7-8)21-22(10)12-4-3-11(17)19-20-12;1-17-13(16)10-4-2-3-9(7-10)11-5-6-12(14)15-8-11;13-12(16)9-3-1-2-8(6-9)10-4-5-11(14)15-7-10;13-11-5-4-10(7-14-11)8-2-1-3-9(6-8)12(15)16;1-13-8(10)6-3-2-4-7(5-6)9(11)12;6-4-1-2-5(7)8-3-4/h1-14H,(H,32,33,37);1-7H,(H2,17,19);2-8H,1H3;1-7H;1-7H,(H,15,16);2-5,11-12H,1H3;1-3H. The summed E-state index contributed by atoms with van der Waals surface area (Å²) in [5, 5.41) is 51.3. The number of aromatic carboxylic acids is 1. The molecule has 129 heavy (non-hydrogen) atoms. The van der Waals surface area contributed by atoms with Gasteiger partial charge in [-0.2, -0.15) is 58.5 Å². The minimum atomic E-state index is -4.70. The lowest BCUT2D eigenvalue weighted by Crippen LogP contribution is -2.30. The number of alkyl halides is 6. The molecule has 0 aliphatic rings. The quantitative estimate of drug-likeness (QED) is 0.0209. The summed E-state index contributed by atoms with van der Waals surface area (Å²) in [5.74, 6) is -5.23. The zero-order valence-corrected chi connectivity index (χ0v) is 68.6. The first-order valence-corrected chi connectivity index (χ1v) is 38.0. The highest BCUT2D eigenvalue weighted by atomic mass is 79.9. The van der Waals surface area contributed by atoms with Gasteiger partial charge in [-0.25, -0.2) is 48.7 Å². The lowest BCUT2D eigenvalue weighted by Gasteiger charge is -2.10. The molecule has 5 aromatic carbocycles. The van der Waals surface area contributed by atoms with Crippen molar-refractivity contribution in [3.8, 4) is 78.7 Å². The number of ether oxygens (including phenoxy) is 2. The lowest BCUT2D eigenvalue weighted by atomic mass is 9.80. The van der Waals surface area contributed by atoms with Crippen molar-refractivity contribution in [3.05, 3.63) is 372 Å². The maximum Gasteiger partial charge on any atom is 0.488 e. The van der Waals surface area contributed by atoms with Crippen LogP contribution >= 0.6 is 27.5 Å². The summed E-state index contributed by atoms with van der Waals surface area (Å²) < 4.78 is 155. The van der Waals surface area contributed by atoms with Crippen LogP contribution in [-0.4, -0.2) is 140 Å². The Balaban J connectivity index is 0.000000164. The smallest absolute Gasteiger partial charge is 0.478 e. The second-order valence-electron chi connectivity index (χ2n) is 25.8. The number of carbonyl (C=O) groups excluding carboxylic acids is 4. The topological polar surface area (TPSA) is 380 Å². The van der Waals surface area contributed by atoms with Gasteiger partial charge in [0.2, 0.25) is 29.7 Å². The van der Waals surface area contributed by atoms with Crippen molar-refractivity contribution in [1.29, 1.82) is 0 Å². The normalized spacial score (nSPS) is 10.6. The minimum absolute atomic E-state index is 0.0239. The van der Waals surface area contributed by atoms with Crippen molar-refractivity contribution in [3.63, 3.8) is 0 Å². The van der Waals surface area contributed by atoms with Gasteiger partial charge in [-0.1, -0.05) is 66.7 Å². The summed E-state index contributed by atoms with van der Waals surface area (Å²) in [6.07, 6.45) is 3.53. The van der Waals surface area contributed by atoms with E-state index in [0.29, 0.717) is 59.4 Å². The monoisotopic (exact) mass is 1850 g/mol. The number of carbonyl (C=O) groups is 5. The Bertz CT molecular complexity index is 6360. The number of pyridine rings is 7. The highest BCUT2D eigenvalue weighted by Gasteiger charge is 2.38. The first kappa shape index (κ1) is 95.3. The third-order valence-electron chi connectivity index (χ3n) is 17.1. The van der Waals surface area contributed by atoms with Crippen molar-refractivity contribution in [2.45, 2.75) is 12.4 Å². The molecule has 0 spiro atoms. The Morgan fingerprint density at radius 3 is 1.13 bits per heavy atom. The number of esters is 2. The van der Waals surface area contributed by atoms with Gasteiger partial charge in [0.05, 0.1) is 42.3 Å². The van der Waals surface area contributed by atoms with Crippen molar-refractivity contribution < 1.29 is 96.9 Å². The van der Waals surface area contributed by atoms with Crippen LogP contribution in [0, 0.1) is 29.7 Å². The van der Waals surface area contributed by atoms with Crippen LogP contribution in [0.2, 0.25) is 0 Å². The number of benzene rings is 5. The molecule has 0 unspecified atom stereocenters. The summed E-state index contributed by atoms with van der Waals surface area (Å²) in [7, 11) is 1.03.